The summed E-state index contributed by atoms with van der Waals surface area (Å²) in [6.45, 7) is 0. The van der Waals surface area contributed by atoms with Crippen LogP contribution in [0.2, 0.25) is 5.02 Å². The molecule has 0 fully saturated rings. The van der Waals surface area contributed by atoms with Gasteiger partial charge in [0.15, 0.2) is 0 Å². The third-order valence-corrected chi connectivity index (χ3v) is 6.78. The van der Waals surface area contributed by atoms with Gasteiger partial charge in [0, 0.05) is 30.8 Å². The van der Waals surface area contributed by atoms with Gasteiger partial charge in [0.05, 0.1) is 0 Å². The number of thiophene rings is 2. The average Bonchev–Trinajstić information content (AvgIpc) is 3.32. The molecule has 0 aliphatic rings. The molecule has 0 saturated carbocycles. The molecule has 0 atom stereocenters. The van der Waals surface area contributed by atoms with Crippen molar-refractivity contribution in [1.29, 1.82) is 0 Å². The van der Waals surface area contributed by atoms with Crippen molar-refractivity contribution in [3.8, 4) is 22.3 Å². The molecule has 5 aromatic rings. The van der Waals surface area contributed by atoms with E-state index in [-0.39, 0.29) is 0 Å². The van der Waals surface area contributed by atoms with E-state index in [1.165, 1.54) is 37.0 Å². The number of hydrogen-bond acceptors (Lipinski definition) is 2. The van der Waals surface area contributed by atoms with Crippen molar-refractivity contribution in [2.45, 2.75) is 0 Å². The SMILES string of the molecule is Clc1ccc(-c2ccc(-c3ccccc3)c3sccc23)c2sccc12. The molecule has 3 heteroatoms. The van der Waals surface area contributed by atoms with Crippen LogP contribution in [0.4, 0.5) is 0 Å². The lowest BCUT2D eigenvalue weighted by molar-refractivity contribution is 1.67. The number of benzene rings is 3. The Morgan fingerprint density at radius 1 is 0.560 bits per heavy atom. The van der Waals surface area contributed by atoms with E-state index >= 15 is 0 Å². The first-order chi connectivity index (χ1) is 12.3. The Labute approximate surface area is 158 Å². The molecular weight excluding hydrogens is 364 g/mol. The van der Waals surface area contributed by atoms with Crippen LogP contribution < -0.4 is 0 Å². The fourth-order valence-corrected chi connectivity index (χ4v) is 5.57. The summed E-state index contributed by atoms with van der Waals surface area (Å²) < 4.78 is 2.59. The van der Waals surface area contributed by atoms with E-state index in [0.29, 0.717) is 0 Å². The van der Waals surface area contributed by atoms with Crippen molar-refractivity contribution in [1.82, 2.24) is 0 Å². The van der Waals surface area contributed by atoms with Gasteiger partial charge in [-0.25, -0.2) is 0 Å². The van der Waals surface area contributed by atoms with Crippen LogP contribution in [0.5, 0.6) is 0 Å². The van der Waals surface area contributed by atoms with Gasteiger partial charge in [-0.1, -0.05) is 60.1 Å². The molecule has 0 saturated heterocycles. The Hall–Kier alpha value is -2.13. The lowest BCUT2D eigenvalue weighted by atomic mass is 9.96. The topological polar surface area (TPSA) is 0 Å². The molecule has 2 aromatic heterocycles. The fraction of sp³-hybridized carbons (Fsp3) is 0. The first-order valence-electron chi connectivity index (χ1n) is 8.04. The minimum atomic E-state index is 0.822. The van der Waals surface area contributed by atoms with E-state index in [4.69, 9.17) is 11.6 Å². The zero-order chi connectivity index (χ0) is 16.8. The first kappa shape index (κ1) is 15.2. The van der Waals surface area contributed by atoms with Crippen molar-refractivity contribution in [3.63, 3.8) is 0 Å². The van der Waals surface area contributed by atoms with Crippen molar-refractivity contribution >= 4 is 54.4 Å². The van der Waals surface area contributed by atoms with Gasteiger partial charge in [-0.05, 0) is 45.6 Å². The number of halogens is 1. The third kappa shape index (κ3) is 2.41. The quantitative estimate of drug-likeness (QED) is 0.292. The highest BCUT2D eigenvalue weighted by Crippen LogP contribution is 2.43. The summed E-state index contributed by atoms with van der Waals surface area (Å²) in [5, 5.41) is 7.57. The number of rotatable bonds is 2. The standard InChI is InChI=1S/C22H13ClS2/c23-20-9-8-17(22-19(20)11-13-25-22)16-7-6-15(14-4-2-1-3-5-14)21-18(16)10-12-24-21/h1-13H. The molecule has 3 aromatic carbocycles. The number of fused-ring (bicyclic) bond motifs is 2. The van der Waals surface area contributed by atoms with E-state index in [2.05, 4.69) is 71.4 Å². The van der Waals surface area contributed by atoms with Gasteiger partial charge < -0.3 is 0 Å². The molecule has 0 unspecified atom stereocenters. The van der Waals surface area contributed by atoms with Crippen LogP contribution in [0.3, 0.4) is 0 Å². The van der Waals surface area contributed by atoms with Crippen LogP contribution in [0, 0.1) is 0 Å². The van der Waals surface area contributed by atoms with Gasteiger partial charge in [-0.3, -0.25) is 0 Å². The van der Waals surface area contributed by atoms with E-state index in [0.717, 1.165) is 10.4 Å². The summed E-state index contributed by atoms with van der Waals surface area (Å²) in [4.78, 5) is 0. The van der Waals surface area contributed by atoms with Crippen LogP contribution >= 0.6 is 34.3 Å². The smallest absolute Gasteiger partial charge is 0.0493 e. The molecule has 5 rings (SSSR count). The monoisotopic (exact) mass is 376 g/mol. The Morgan fingerprint density at radius 3 is 2.00 bits per heavy atom. The van der Waals surface area contributed by atoms with Gasteiger partial charge in [0.25, 0.3) is 0 Å². The highest BCUT2D eigenvalue weighted by atomic mass is 35.5. The zero-order valence-electron chi connectivity index (χ0n) is 13.2. The molecule has 0 amide bonds. The normalized spacial score (nSPS) is 11.4. The predicted molar refractivity (Wildman–Crippen MR) is 113 cm³/mol. The van der Waals surface area contributed by atoms with Gasteiger partial charge in [-0.15, -0.1) is 22.7 Å². The molecule has 0 bridgehead atoms. The summed E-state index contributed by atoms with van der Waals surface area (Å²) in [5.74, 6) is 0. The molecule has 2 heterocycles. The molecular formula is C22H13ClS2. The summed E-state index contributed by atoms with van der Waals surface area (Å²) in [6.07, 6.45) is 0. The van der Waals surface area contributed by atoms with Crippen molar-refractivity contribution < 1.29 is 0 Å². The second-order valence-corrected chi connectivity index (χ2v) is 8.19. The van der Waals surface area contributed by atoms with Crippen LogP contribution in [-0.4, -0.2) is 0 Å². The maximum atomic E-state index is 6.37. The third-order valence-electron chi connectivity index (χ3n) is 4.56. The lowest BCUT2D eigenvalue weighted by Crippen LogP contribution is -1.83. The molecule has 0 nitrogen and oxygen atoms in total. The molecule has 0 N–H and O–H groups in total. The van der Waals surface area contributed by atoms with Gasteiger partial charge in [0.1, 0.15) is 0 Å². The largest absolute Gasteiger partial charge is 0.143 e. The van der Waals surface area contributed by atoms with E-state index in [1.54, 1.807) is 22.7 Å². The minimum absolute atomic E-state index is 0.822. The highest BCUT2D eigenvalue weighted by Gasteiger charge is 2.14. The molecule has 25 heavy (non-hydrogen) atoms. The summed E-state index contributed by atoms with van der Waals surface area (Å²) in [6, 6.07) is 23.6. The Balaban J connectivity index is 1.80. The van der Waals surface area contributed by atoms with Gasteiger partial charge in [0.2, 0.25) is 0 Å². The van der Waals surface area contributed by atoms with Crippen molar-refractivity contribution in [3.05, 3.63) is 82.5 Å². The summed E-state index contributed by atoms with van der Waals surface area (Å²) in [7, 11) is 0. The fourth-order valence-electron chi connectivity index (χ4n) is 3.38. The molecule has 0 radical (unpaired) electrons. The molecule has 120 valence electrons. The Kier molecular flexibility index (Phi) is 3.63. The maximum Gasteiger partial charge on any atom is 0.0493 e. The average molecular weight is 377 g/mol. The van der Waals surface area contributed by atoms with E-state index < -0.39 is 0 Å². The molecule has 0 aliphatic carbocycles. The second-order valence-electron chi connectivity index (χ2n) is 5.95. The Morgan fingerprint density at radius 2 is 1.20 bits per heavy atom. The Bertz CT molecular complexity index is 1200. The van der Waals surface area contributed by atoms with Gasteiger partial charge in [-0.2, -0.15) is 0 Å². The highest BCUT2D eigenvalue weighted by molar-refractivity contribution is 7.18. The van der Waals surface area contributed by atoms with Crippen LogP contribution in [0.1, 0.15) is 0 Å². The maximum absolute atomic E-state index is 6.37. The molecule has 0 spiro atoms. The van der Waals surface area contributed by atoms with Crippen LogP contribution in [-0.2, 0) is 0 Å². The number of hydrogen-bond donors (Lipinski definition) is 0. The van der Waals surface area contributed by atoms with Crippen LogP contribution in [0.15, 0.2) is 77.5 Å². The summed E-state index contributed by atoms with van der Waals surface area (Å²) in [5.41, 5.74) is 5.10. The molecule has 0 aliphatic heterocycles. The summed E-state index contributed by atoms with van der Waals surface area (Å²) >= 11 is 9.93. The minimum Gasteiger partial charge on any atom is -0.143 e. The van der Waals surface area contributed by atoms with E-state index in [9.17, 15) is 0 Å². The van der Waals surface area contributed by atoms with E-state index in [1.807, 2.05) is 6.07 Å². The second kappa shape index (κ2) is 5.99. The van der Waals surface area contributed by atoms with Crippen molar-refractivity contribution in [2.24, 2.45) is 0 Å². The zero-order valence-corrected chi connectivity index (χ0v) is 15.6. The van der Waals surface area contributed by atoms with Crippen LogP contribution in [0.25, 0.3) is 42.4 Å². The first-order valence-corrected chi connectivity index (χ1v) is 10.2. The predicted octanol–water partition coefficient (Wildman–Crippen LogP) is 8.10. The van der Waals surface area contributed by atoms with Gasteiger partial charge >= 0.3 is 0 Å². The van der Waals surface area contributed by atoms with Crippen molar-refractivity contribution in [2.75, 3.05) is 0 Å². The lowest BCUT2D eigenvalue weighted by Gasteiger charge is -2.10.